The maximum absolute atomic E-state index is 12.3. The van der Waals surface area contributed by atoms with Gasteiger partial charge in [-0.3, -0.25) is 9.69 Å². The molecule has 0 saturated carbocycles. The van der Waals surface area contributed by atoms with Crippen molar-refractivity contribution in [1.29, 1.82) is 0 Å². The van der Waals surface area contributed by atoms with Gasteiger partial charge in [0.25, 0.3) is 5.91 Å². The fourth-order valence-electron chi connectivity index (χ4n) is 2.24. The molecule has 18 heavy (non-hydrogen) atoms. The average molecular weight is 312 g/mol. The smallest absolute Gasteiger partial charge is 0.272 e. The van der Waals surface area contributed by atoms with Crippen molar-refractivity contribution in [2.45, 2.75) is 19.4 Å². The Morgan fingerprint density at radius 3 is 2.89 bits per heavy atom. The van der Waals surface area contributed by atoms with Gasteiger partial charge in [0.1, 0.15) is 5.69 Å². The highest BCUT2D eigenvalue weighted by atomic mass is 79.9. The lowest BCUT2D eigenvalue weighted by molar-refractivity contribution is 0.0536. The minimum absolute atomic E-state index is 0.0362. The predicted molar refractivity (Wildman–Crippen MR) is 74.5 cm³/mol. The van der Waals surface area contributed by atoms with Gasteiger partial charge in [-0.2, -0.15) is 0 Å². The maximum atomic E-state index is 12.3. The summed E-state index contributed by atoms with van der Waals surface area (Å²) in [7, 11) is 2.12. The van der Waals surface area contributed by atoms with E-state index in [1.54, 1.807) is 12.3 Å². The van der Waals surface area contributed by atoms with E-state index >= 15 is 0 Å². The van der Waals surface area contributed by atoms with Crippen LogP contribution in [0.4, 0.5) is 0 Å². The zero-order chi connectivity index (χ0) is 13.1. The summed E-state index contributed by atoms with van der Waals surface area (Å²) in [5.41, 5.74) is 0.526. The molecule has 0 bridgehead atoms. The Bertz CT molecular complexity index is 421. The van der Waals surface area contributed by atoms with Gasteiger partial charge in [-0.25, -0.2) is 4.98 Å². The Balaban J connectivity index is 2.07. The van der Waals surface area contributed by atoms with Crippen LogP contribution in [-0.2, 0) is 0 Å². The van der Waals surface area contributed by atoms with E-state index in [0.717, 1.165) is 30.5 Å². The molecule has 5 heteroatoms. The van der Waals surface area contributed by atoms with Crippen molar-refractivity contribution in [3.05, 3.63) is 28.5 Å². The second kappa shape index (κ2) is 5.80. The van der Waals surface area contributed by atoms with E-state index in [2.05, 4.69) is 39.8 Å². The number of hydrogen-bond donors (Lipinski definition) is 0. The van der Waals surface area contributed by atoms with Gasteiger partial charge in [-0.1, -0.05) is 6.92 Å². The minimum atomic E-state index is 0.0362. The number of pyridine rings is 1. The molecule has 4 nitrogen and oxygen atoms in total. The molecule has 1 amide bonds. The Hall–Kier alpha value is -0.940. The molecule has 1 aromatic heterocycles. The summed E-state index contributed by atoms with van der Waals surface area (Å²) in [6.45, 7) is 4.67. The van der Waals surface area contributed by atoms with Crippen LogP contribution in [0, 0.1) is 0 Å². The van der Waals surface area contributed by atoms with Crippen LogP contribution in [0.2, 0.25) is 0 Å². The molecule has 0 aromatic carbocycles. The number of piperazine rings is 1. The Kier molecular flexibility index (Phi) is 4.35. The fourth-order valence-corrected chi connectivity index (χ4v) is 2.47. The van der Waals surface area contributed by atoms with Gasteiger partial charge in [0.2, 0.25) is 0 Å². The highest BCUT2D eigenvalue weighted by molar-refractivity contribution is 9.10. The van der Waals surface area contributed by atoms with Crippen LogP contribution in [-0.4, -0.2) is 53.4 Å². The molecule has 1 fully saturated rings. The number of hydrogen-bond acceptors (Lipinski definition) is 3. The molecular formula is C13H18BrN3O. The largest absolute Gasteiger partial charge is 0.334 e. The SMILES string of the molecule is CCC1CN(C(=O)c2ccc(Br)cn2)CCN1C. The monoisotopic (exact) mass is 311 g/mol. The zero-order valence-electron chi connectivity index (χ0n) is 10.8. The van der Waals surface area contributed by atoms with Crippen molar-refractivity contribution in [3.63, 3.8) is 0 Å². The molecule has 2 heterocycles. The quantitative estimate of drug-likeness (QED) is 0.838. The first-order valence-electron chi connectivity index (χ1n) is 6.23. The maximum Gasteiger partial charge on any atom is 0.272 e. The van der Waals surface area contributed by atoms with Crippen molar-refractivity contribution in [3.8, 4) is 0 Å². The van der Waals surface area contributed by atoms with Crippen molar-refractivity contribution < 1.29 is 4.79 Å². The van der Waals surface area contributed by atoms with Gasteiger partial charge in [0.15, 0.2) is 0 Å². The first-order valence-corrected chi connectivity index (χ1v) is 7.02. The Labute approximate surface area is 116 Å². The van der Waals surface area contributed by atoms with Crippen LogP contribution in [0.25, 0.3) is 0 Å². The van der Waals surface area contributed by atoms with Crippen LogP contribution in [0.15, 0.2) is 22.8 Å². The average Bonchev–Trinajstić information content (AvgIpc) is 2.39. The Morgan fingerprint density at radius 1 is 1.50 bits per heavy atom. The van der Waals surface area contributed by atoms with Crippen LogP contribution < -0.4 is 0 Å². The minimum Gasteiger partial charge on any atom is -0.334 e. The lowest BCUT2D eigenvalue weighted by Crippen LogP contribution is -2.53. The summed E-state index contributed by atoms with van der Waals surface area (Å²) in [6, 6.07) is 4.08. The van der Waals surface area contributed by atoms with Gasteiger partial charge >= 0.3 is 0 Å². The van der Waals surface area contributed by atoms with Crippen molar-refractivity contribution in [2.75, 3.05) is 26.7 Å². The molecule has 1 atom stereocenters. The van der Waals surface area contributed by atoms with Gasteiger partial charge in [0.05, 0.1) is 0 Å². The highest BCUT2D eigenvalue weighted by Gasteiger charge is 2.27. The number of halogens is 1. The molecule has 0 spiro atoms. The molecule has 1 unspecified atom stereocenters. The molecular weight excluding hydrogens is 294 g/mol. The number of rotatable bonds is 2. The van der Waals surface area contributed by atoms with E-state index in [1.807, 2.05) is 11.0 Å². The zero-order valence-corrected chi connectivity index (χ0v) is 12.4. The number of carbonyl (C=O) groups is 1. The molecule has 0 aliphatic carbocycles. The summed E-state index contributed by atoms with van der Waals surface area (Å²) >= 11 is 3.33. The normalized spacial score (nSPS) is 21.1. The second-order valence-electron chi connectivity index (χ2n) is 4.66. The van der Waals surface area contributed by atoms with Crippen molar-refractivity contribution in [1.82, 2.24) is 14.8 Å². The number of carbonyl (C=O) groups excluding carboxylic acids is 1. The Morgan fingerprint density at radius 2 is 2.28 bits per heavy atom. The van der Waals surface area contributed by atoms with Crippen molar-refractivity contribution >= 4 is 21.8 Å². The molecule has 2 rings (SSSR count). The van der Waals surface area contributed by atoms with Crippen LogP contribution in [0.3, 0.4) is 0 Å². The molecule has 0 N–H and O–H groups in total. The lowest BCUT2D eigenvalue weighted by atomic mass is 10.1. The summed E-state index contributed by atoms with van der Waals surface area (Å²) in [5, 5.41) is 0. The van der Waals surface area contributed by atoms with E-state index < -0.39 is 0 Å². The van der Waals surface area contributed by atoms with E-state index in [-0.39, 0.29) is 5.91 Å². The summed E-state index contributed by atoms with van der Waals surface area (Å²) in [6.07, 6.45) is 2.73. The highest BCUT2D eigenvalue weighted by Crippen LogP contribution is 2.14. The molecule has 1 saturated heterocycles. The van der Waals surface area contributed by atoms with E-state index in [9.17, 15) is 4.79 Å². The molecule has 1 aliphatic heterocycles. The van der Waals surface area contributed by atoms with Crippen LogP contribution >= 0.6 is 15.9 Å². The predicted octanol–water partition coefficient (Wildman–Crippen LogP) is 2.01. The number of likely N-dealkylation sites (N-methyl/N-ethyl adjacent to an activating group) is 1. The van der Waals surface area contributed by atoms with Gasteiger partial charge in [0, 0.05) is 36.3 Å². The van der Waals surface area contributed by atoms with E-state index in [0.29, 0.717) is 11.7 Å². The second-order valence-corrected chi connectivity index (χ2v) is 5.57. The molecule has 1 aliphatic rings. The number of aromatic nitrogens is 1. The fraction of sp³-hybridized carbons (Fsp3) is 0.538. The van der Waals surface area contributed by atoms with Crippen LogP contribution in [0.5, 0.6) is 0 Å². The summed E-state index contributed by atoms with van der Waals surface area (Å²) in [4.78, 5) is 20.7. The number of amides is 1. The van der Waals surface area contributed by atoms with Gasteiger partial charge in [-0.05, 0) is 41.5 Å². The third kappa shape index (κ3) is 2.90. The standard InChI is InChI=1S/C13H18BrN3O/c1-3-11-9-17(7-6-16(11)2)13(18)12-5-4-10(14)8-15-12/h4-5,8,11H,3,6-7,9H2,1-2H3. The first-order chi connectivity index (χ1) is 8.61. The van der Waals surface area contributed by atoms with E-state index in [4.69, 9.17) is 0 Å². The molecule has 0 radical (unpaired) electrons. The van der Waals surface area contributed by atoms with Crippen molar-refractivity contribution in [2.24, 2.45) is 0 Å². The van der Waals surface area contributed by atoms with Crippen LogP contribution in [0.1, 0.15) is 23.8 Å². The number of nitrogens with zero attached hydrogens (tertiary/aromatic N) is 3. The molecule has 1 aromatic rings. The third-order valence-corrected chi connectivity index (χ3v) is 3.95. The first kappa shape index (κ1) is 13.5. The van der Waals surface area contributed by atoms with E-state index in [1.165, 1.54) is 0 Å². The van der Waals surface area contributed by atoms with Gasteiger partial charge in [-0.15, -0.1) is 0 Å². The lowest BCUT2D eigenvalue weighted by Gasteiger charge is -2.38. The topological polar surface area (TPSA) is 36.4 Å². The van der Waals surface area contributed by atoms with Gasteiger partial charge < -0.3 is 4.90 Å². The summed E-state index contributed by atoms with van der Waals surface area (Å²) in [5.74, 6) is 0.0362. The molecule has 98 valence electrons. The third-order valence-electron chi connectivity index (χ3n) is 3.48. The summed E-state index contributed by atoms with van der Waals surface area (Å²) < 4.78 is 0.892.